The molecular weight excluding hydrogens is 230 g/mol. The van der Waals surface area contributed by atoms with Crippen molar-refractivity contribution in [2.24, 2.45) is 0 Å². The number of rotatable bonds is 3. The molecule has 1 rings (SSSR count). The van der Waals surface area contributed by atoms with E-state index in [1.807, 2.05) is 0 Å². The van der Waals surface area contributed by atoms with Gasteiger partial charge in [0, 0.05) is 11.1 Å². The molecule has 0 aliphatic heterocycles. The zero-order valence-electron chi connectivity index (χ0n) is 6.63. The van der Waals surface area contributed by atoms with Crippen molar-refractivity contribution in [3.63, 3.8) is 0 Å². The average molecular weight is 239 g/mol. The highest BCUT2D eigenvalue weighted by Crippen LogP contribution is 2.49. The van der Waals surface area contributed by atoms with Gasteiger partial charge in [-0.05, 0) is 24.0 Å². The molecule has 0 N–H and O–H groups in total. The van der Waals surface area contributed by atoms with Crippen LogP contribution in [0.4, 0.5) is 0 Å². The smallest absolute Gasteiger partial charge is 0.0899 e. The van der Waals surface area contributed by atoms with Gasteiger partial charge in [-0.3, -0.25) is 0 Å². The summed E-state index contributed by atoms with van der Waals surface area (Å²) in [4.78, 5) is 1.27. The van der Waals surface area contributed by atoms with E-state index in [9.17, 15) is 0 Å². The summed E-state index contributed by atoms with van der Waals surface area (Å²) < 4.78 is 0. The molecule has 0 saturated carbocycles. The summed E-state index contributed by atoms with van der Waals surface area (Å²) in [5, 5.41) is 0. The summed E-state index contributed by atoms with van der Waals surface area (Å²) in [5.74, 6) is 0. The van der Waals surface area contributed by atoms with Gasteiger partial charge < -0.3 is 0 Å². The lowest BCUT2D eigenvalue weighted by Crippen LogP contribution is -1.77. The van der Waals surface area contributed by atoms with Gasteiger partial charge >= 0.3 is 0 Å². The van der Waals surface area contributed by atoms with E-state index in [2.05, 4.69) is 30.5 Å². The molecule has 0 unspecified atom stereocenters. The van der Waals surface area contributed by atoms with Crippen LogP contribution in [-0.2, 0) is 6.16 Å². The molecule has 0 fully saturated rings. The Kier molecular flexibility index (Phi) is 4.74. The van der Waals surface area contributed by atoms with Gasteiger partial charge in [0.15, 0.2) is 0 Å². The Hall–Kier alpha value is 0.580. The van der Waals surface area contributed by atoms with Crippen molar-refractivity contribution >= 4 is 40.9 Å². The molecule has 12 heavy (non-hydrogen) atoms. The molecule has 1 aromatic carbocycles. The Morgan fingerprint density at radius 1 is 1.25 bits per heavy atom. The van der Waals surface area contributed by atoms with Crippen molar-refractivity contribution in [3.05, 3.63) is 29.8 Å². The van der Waals surface area contributed by atoms with Crippen LogP contribution in [0.5, 0.6) is 0 Å². The molecule has 0 saturated heterocycles. The second kappa shape index (κ2) is 5.34. The fourth-order valence-electron chi connectivity index (χ4n) is 0.869. The predicted molar refractivity (Wildman–Crippen MR) is 60.6 cm³/mol. The summed E-state index contributed by atoms with van der Waals surface area (Å²) in [6.45, 7) is -0.853. The fraction of sp³-hybridized carbons (Fsp3) is 0.250. The van der Waals surface area contributed by atoms with E-state index in [1.54, 1.807) is 11.8 Å². The second-order valence-electron chi connectivity index (χ2n) is 2.31. The highest BCUT2D eigenvalue weighted by Gasteiger charge is 2.00. The van der Waals surface area contributed by atoms with Crippen molar-refractivity contribution in [3.8, 4) is 0 Å². The van der Waals surface area contributed by atoms with Gasteiger partial charge in [0.25, 0.3) is 0 Å². The Morgan fingerprint density at radius 2 is 1.83 bits per heavy atom. The van der Waals surface area contributed by atoms with Crippen molar-refractivity contribution in [1.29, 1.82) is 0 Å². The van der Waals surface area contributed by atoms with Crippen LogP contribution in [0.2, 0.25) is 0 Å². The Bertz CT molecular complexity index is 235. The molecule has 0 aromatic heterocycles. The lowest BCUT2D eigenvalue weighted by molar-refractivity contribution is 1.35. The summed E-state index contributed by atoms with van der Waals surface area (Å²) in [6.07, 6.45) is 2.85. The number of benzene rings is 1. The van der Waals surface area contributed by atoms with Crippen molar-refractivity contribution in [2.45, 2.75) is 11.1 Å². The monoisotopic (exact) mass is 238 g/mol. The summed E-state index contributed by atoms with van der Waals surface area (Å²) >= 11 is 13.2. The van der Waals surface area contributed by atoms with Crippen LogP contribution in [0, 0.1) is 0 Å². The highest BCUT2D eigenvalue weighted by molar-refractivity contribution is 8.03. The van der Waals surface area contributed by atoms with Gasteiger partial charge in [-0.15, -0.1) is 11.8 Å². The largest absolute Gasteiger partial charge is 0.130 e. The molecule has 0 aliphatic rings. The van der Waals surface area contributed by atoms with Gasteiger partial charge in [-0.2, -0.15) is 0 Å². The Morgan fingerprint density at radius 3 is 2.25 bits per heavy atom. The maximum Gasteiger partial charge on any atom is 0.0899 e. The molecular formula is C8H9Cl2PS. The first-order chi connectivity index (χ1) is 5.72. The van der Waals surface area contributed by atoms with E-state index in [1.165, 1.54) is 10.5 Å². The molecule has 0 amide bonds. The molecule has 0 spiro atoms. The first kappa shape index (κ1) is 10.7. The van der Waals surface area contributed by atoms with Crippen LogP contribution in [-0.4, -0.2) is 6.26 Å². The minimum atomic E-state index is -0.853. The van der Waals surface area contributed by atoms with Gasteiger partial charge in [0.1, 0.15) is 0 Å². The van der Waals surface area contributed by atoms with Crippen molar-refractivity contribution in [2.75, 3.05) is 6.26 Å². The summed E-state index contributed by atoms with van der Waals surface area (Å²) in [6, 6.07) is 8.33. The SMILES string of the molecule is CSc1ccc(CP(Cl)Cl)cc1. The zero-order chi connectivity index (χ0) is 8.97. The number of hydrogen-bond donors (Lipinski definition) is 0. The first-order valence-corrected chi connectivity index (χ1v) is 8.00. The standard InChI is InChI=1S/C8H9Cl2PS/c1-12-8-4-2-7(3-5-8)6-11(9)10/h2-5H,6H2,1H3. The van der Waals surface area contributed by atoms with Crippen LogP contribution in [0.3, 0.4) is 0 Å². The van der Waals surface area contributed by atoms with Crippen molar-refractivity contribution < 1.29 is 0 Å². The molecule has 0 bridgehead atoms. The molecule has 0 atom stereocenters. The van der Waals surface area contributed by atoms with E-state index in [0.29, 0.717) is 0 Å². The topological polar surface area (TPSA) is 0 Å². The number of thioether (sulfide) groups is 1. The van der Waals surface area contributed by atoms with E-state index < -0.39 is 6.63 Å². The maximum absolute atomic E-state index is 5.71. The van der Waals surface area contributed by atoms with Gasteiger partial charge in [-0.25, -0.2) is 0 Å². The minimum Gasteiger partial charge on any atom is -0.130 e. The summed E-state index contributed by atoms with van der Waals surface area (Å²) in [5.41, 5.74) is 1.21. The van der Waals surface area contributed by atoms with E-state index >= 15 is 0 Å². The fourth-order valence-corrected chi connectivity index (χ4v) is 2.59. The molecule has 0 nitrogen and oxygen atoms in total. The van der Waals surface area contributed by atoms with E-state index in [-0.39, 0.29) is 0 Å². The van der Waals surface area contributed by atoms with Crippen LogP contribution < -0.4 is 0 Å². The maximum atomic E-state index is 5.71. The Balaban J connectivity index is 2.65. The Labute approximate surface area is 88.0 Å². The third-order valence-corrected chi connectivity index (χ3v) is 3.53. The molecule has 0 heterocycles. The van der Waals surface area contributed by atoms with Crippen LogP contribution in [0.1, 0.15) is 5.56 Å². The molecule has 1 aromatic rings. The lowest BCUT2D eigenvalue weighted by Gasteiger charge is -2.01. The molecule has 0 radical (unpaired) electrons. The van der Waals surface area contributed by atoms with Crippen LogP contribution in [0.15, 0.2) is 29.2 Å². The average Bonchev–Trinajstić information content (AvgIpc) is 2.05. The van der Waals surface area contributed by atoms with Crippen molar-refractivity contribution in [1.82, 2.24) is 0 Å². The number of hydrogen-bond acceptors (Lipinski definition) is 1. The van der Waals surface area contributed by atoms with E-state index in [0.717, 1.165) is 6.16 Å². The van der Waals surface area contributed by atoms with Gasteiger partial charge in [0.2, 0.25) is 0 Å². The first-order valence-electron chi connectivity index (χ1n) is 3.44. The quantitative estimate of drug-likeness (QED) is 0.544. The predicted octanol–water partition coefficient (Wildman–Crippen LogP) is 4.70. The minimum absolute atomic E-state index is 0.785. The van der Waals surface area contributed by atoms with Crippen LogP contribution >= 0.6 is 40.9 Å². The van der Waals surface area contributed by atoms with Gasteiger partial charge in [0.05, 0.1) is 6.63 Å². The highest BCUT2D eigenvalue weighted by atomic mass is 35.9. The molecule has 66 valence electrons. The molecule has 4 heteroatoms. The molecule has 0 aliphatic carbocycles. The second-order valence-corrected chi connectivity index (χ2v) is 7.08. The zero-order valence-corrected chi connectivity index (χ0v) is 9.85. The number of halogens is 2. The van der Waals surface area contributed by atoms with E-state index in [4.69, 9.17) is 22.5 Å². The third kappa shape index (κ3) is 3.53. The lowest BCUT2D eigenvalue weighted by atomic mass is 10.2. The summed E-state index contributed by atoms with van der Waals surface area (Å²) in [7, 11) is 0. The van der Waals surface area contributed by atoms with Crippen LogP contribution in [0.25, 0.3) is 0 Å². The normalized spacial score (nSPS) is 10.7. The van der Waals surface area contributed by atoms with Gasteiger partial charge in [-0.1, -0.05) is 34.6 Å². The third-order valence-electron chi connectivity index (χ3n) is 1.46.